The summed E-state index contributed by atoms with van der Waals surface area (Å²) in [5.41, 5.74) is 6.08. The molecule has 2 fully saturated rings. The van der Waals surface area contributed by atoms with Crippen molar-refractivity contribution in [3.8, 4) is 22.4 Å². The van der Waals surface area contributed by atoms with E-state index in [0.29, 0.717) is 31.9 Å². The van der Waals surface area contributed by atoms with E-state index in [1.165, 1.54) is 4.90 Å². The fraction of sp³-hybridized carbons (Fsp3) is 0.444. The van der Waals surface area contributed by atoms with Crippen LogP contribution in [-0.2, 0) is 4.74 Å². The number of benzene rings is 1. The lowest BCUT2D eigenvalue weighted by Gasteiger charge is -2.28. The molecule has 2 aliphatic heterocycles. The highest BCUT2D eigenvalue weighted by molar-refractivity contribution is 5.91. The first-order valence-electron chi connectivity index (χ1n) is 12.7. The summed E-state index contributed by atoms with van der Waals surface area (Å²) in [4.78, 5) is 21.4. The Labute approximate surface area is 219 Å². The van der Waals surface area contributed by atoms with Gasteiger partial charge in [0.05, 0.1) is 25.1 Å². The van der Waals surface area contributed by atoms with Crippen molar-refractivity contribution in [1.29, 1.82) is 0 Å². The molecule has 2 aromatic heterocycles. The highest BCUT2D eigenvalue weighted by atomic mass is 19.4. The van der Waals surface area contributed by atoms with E-state index in [1.54, 1.807) is 6.20 Å². The van der Waals surface area contributed by atoms with Crippen LogP contribution in [0.15, 0.2) is 36.5 Å². The number of aryl methyl sites for hydroxylation is 2. The standard InChI is InChI=1S/C27H31F3N6O2/c1-17-3-4-21(32-26(37)36-6-5-19(16-36)14-27(28,29)30)13-22(17)20-11-24(23-15-31-34-18(23)2)33-25(12-20)35-7-9-38-10-8-35/h3-4,11-13,15,19H,5-10,14,16H2,1-2H3,(H,31,34)(H,32,37). The molecule has 1 unspecified atom stereocenters. The molecule has 0 radical (unpaired) electrons. The zero-order chi connectivity index (χ0) is 26.9. The maximum absolute atomic E-state index is 12.9. The summed E-state index contributed by atoms with van der Waals surface area (Å²) in [6, 6.07) is 9.31. The number of aromatic amines is 1. The Morgan fingerprint density at radius 1 is 1.13 bits per heavy atom. The van der Waals surface area contributed by atoms with Crippen LogP contribution >= 0.6 is 0 Å². The van der Waals surface area contributed by atoms with Crippen molar-refractivity contribution in [1.82, 2.24) is 20.1 Å². The summed E-state index contributed by atoms with van der Waals surface area (Å²) in [7, 11) is 0. The maximum Gasteiger partial charge on any atom is 0.389 e. The average Bonchev–Trinajstić information content (AvgIpc) is 3.53. The minimum absolute atomic E-state index is 0.102. The number of alkyl halides is 3. The molecule has 3 aromatic rings. The van der Waals surface area contributed by atoms with E-state index in [9.17, 15) is 18.0 Å². The number of H-pyrrole nitrogens is 1. The Morgan fingerprint density at radius 3 is 2.63 bits per heavy atom. The Morgan fingerprint density at radius 2 is 1.92 bits per heavy atom. The number of urea groups is 1. The van der Waals surface area contributed by atoms with Gasteiger partial charge in [-0.2, -0.15) is 18.3 Å². The molecule has 4 heterocycles. The Hall–Kier alpha value is -3.60. The molecule has 0 aliphatic carbocycles. The van der Waals surface area contributed by atoms with Crippen molar-refractivity contribution >= 4 is 17.5 Å². The van der Waals surface area contributed by atoms with Gasteiger partial charge in [-0.1, -0.05) is 6.07 Å². The molecule has 1 atom stereocenters. The molecule has 8 nitrogen and oxygen atoms in total. The van der Waals surface area contributed by atoms with E-state index in [1.807, 2.05) is 44.2 Å². The molecular formula is C27H31F3N6O2. The fourth-order valence-electron chi connectivity index (χ4n) is 5.10. The predicted octanol–water partition coefficient (Wildman–Crippen LogP) is 5.40. The van der Waals surface area contributed by atoms with Crippen molar-refractivity contribution in [3.63, 3.8) is 0 Å². The van der Waals surface area contributed by atoms with E-state index in [-0.39, 0.29) is 12.6 Å². The molecular weight excluding hydrogens is 497 g/mol. The van der Waals surface area contributed by atoms with E-state index in [0.717, 1.165) is 52.5 Å². The van der Waals surface area contributed by atoms with Crippen molar-refractivity contribution in [3.05, 3.63) is 47.8 Å². The van der Waals surface area contributed by atoms with Crippen LogP contribution < -0.4 is 10.2 Å². The number of rotatable bonds is 5. The largest absolute Gasteiger partial charge is 0.389 e. The van der Waals surface area contributed by atoms with E-state index < -0.39 is 18.5 Å². The SMILES string of the molecule is Cc1ccc(NC(=O)N2CCC(CC(F)(F)F)C2)cc1-c1cc(-c2cn[nH]c2C)nc(N2CCOCC2)c1. The summed E-state index contributed by atoms with van der Waals surface area (Å²) >= 11 is 0. The number of nitrogens with zero attached hydrogens (tertiary/aromatic N) is 4. The topological polar surface area (TPSA) is 86.4 Å². The third kappa shape index (κ3) is 5.93. The highest BCUT2D eigenvalue weighted by Crippen LogP contribution is 2.34. The Balaban J connectivity index is 1.41. The van der Waals surface area contributed by atoms with Crippen LogP contribution in [0.3, 0.4) is 0 Å². The number of halogens is 3. The number of nitrogens with one attached hydrogen (secondary N) is 2. The van der Waals surface area contributed by atoms with Gasteiger partial charge < -0.3 is 19.9 Å². The number of amides is 2. The number of hydrogen-bond donors (Lipinski definition) is 2. The first-order valence-corrected chi connectivity index (χ1v) is 12.7. The van der Waals surface area contributed by atoms with Crippen molar-refractivity contribution in [2.24, 2.45) is 5.92 Å². The number of ether oxygens (including phenoxy) is 1. The predicted molar refractivity (Wildman–Crippen MR) is 139 cm³/mol. The van der Waals surface area contributed by atoms with Gasteiger partial charge in [0.25, 0.3) is 0 Å². The molecule has 2 saturated heterocycles. The van der Waals surface area contributed by atoms with Gasteiger partial charge in [0.15, 0.2) is 0 Å². The average molecular weight is 529 g/mol. The summed E-state index contributed by atoms with van der Waals surface area (Å²) in [6.07, 6.45) is -2.97. The maximum atomic E-state index is 12.9. The van der Waals surface area contributed by atoms with Gasteiger partial charge in [0.1, 0.15) is 5.82 Å². The highest BCUT2D eigenvalue weighted by Gasteiger charge is 2.36. The van der Waals surface area contributed by atoms with E-state index >= 15 is 0 Å². The molecule has 2 aliphatic rings. The van der Waals surface area contributed by atoms with Crippen molar-refractivity contribution in [2.75, 3.05) is 49.6 Å². The lowest BCUT2D eigenvalue weighted by Crippen LogP contribution is -2.36. The summed E-state index contributed by atoms with van der Waals surface area (Å²) in [5.74, 6) is 0.276. The van der Waals surface area contributed by atoms with Crippen LogP contribution in [0, 0.1) is 19.8 Å². The molecule has 38 heavy (non-hydrogen) atoms. The number of carbonyl (C=O) groups is 1. The van der Waals surface area contributed by atoms with Crippen LogP contribution in [0.1, 0.15) is 24.1 Å². The second kappa shape index (κ2) is 10.6. The number of carbonyl (C=O) groups excluding carboxylic acids is 1. The van der Waals surface area contributed by atoms with Crippen molar-refractivity contribution in [2.45, 2.75) is 32.9 Å². The minimum atomic E-state index is -4.22. The number of hydrogen-bond acceptors (Lipinski definition) is 5. The minimum Gasteiger partial charge on any atom is -0.378 e. The fourth-order valence-corrected chi connectivity index (χ4v) is 5.10. The number of pyridine rings is 1. The zero-order valence-corrected chi connectivity index (χ0v) is 21.4. The third-order valence-corrected chi connectivity index (χ3v) is 7.15. The van der Waals surface area contributed by atoms with Crippen LogP contribution in [0.5, 0.6) is 0 Å². The number of anilines is 2. The van der Waals surface area contributed by atoms with Crippen molar-refractivity contribution < 1.29 is 22.7 Å². The van der Waals surface area contributed by atoms with Gasteiger partial charge in [-0.15, -0.1) is 0 Å². The summed E-state index contributed by atoms with van der Waals surface area (Å²) in [5, 5.41) is 10.0. The third-order valence-electron chi connectivity index (χ3n) is 7.15. The second-order valence-corrected chi connectivity index (χ2v) is 9.99. The zero-order valence-electron chi connectivity index (χ0n) is 21.4. The Bertz CT molecular complexity index is 1300. The van der Waals surface area contributed by atoms with Gasteiger partial charge in [-0.05, 0) is 67.1 Å². The molecule has 0 saturated carbocycles. The molecule has 11 heteroatoms. The summed E-state index contributed by atoms with van der Waals surface area (Å²) < 4.78 is 43.8. The molecule has 2 N–H and O–H groups in total. The first kappa shape index (κ1) is 26.0. The second-order valence-electron chi connectivity index (χ2n) is 9.99. The number of morpholine rings is 1. The molecule has 1 aromatic carbocycles. The number of likely N-dealkylation sites (tertiary alicyclic amines) is 1. The lowest BCUT2D eigenvalue weighted by atomic mass is 9.98. The molecule has 0 bridgehead atoms. The smallest absolute Gasteiger partial charge is 0.378 e. The van der Waals surface area contributed by atoms with Crippen LogP contribution in [0.25, 0.3) is 22.4 Å². The molecule has 202 valence electrons. The molecule has 0 spiro atoms. The van der Waals surface area contributed by atoms with E-state index in [2.05, 4.69) is 20.4 Å². The van der Waals surface area contributed by atoms with Crippen LogP contribution in [-0.4, -0.2) is 71.7 Å². The first-order chi connectivity index (χ1) is 18.2. The van der Waals surface area contributed by atoms with Crippen LogP contribution in [0.2, 0.25) is 0 Å². The van der Waals surface area contributed by atoms with Gasteiger partial charge in [-0.3, -0.25) is 5.10 Å². The molecule has 2 amide bonds. The monoisotopic (exact) mass is 528 g/mol. The van der Waals surface area contributed by atoms with Crippen LogP contribution in [0.4, 0.5) is 29.5 Å². The van der Waals surface area contributed by atoms with E-state index in [4.69, 9.17) is 9.72 Å². The van der Waals surface area contributed by atoms with Gasteiger partial charge >= 0.3 is 12.2 Å². The van der Waals surface area contributed by atoms with Gasteiger partial charge in [-0.25, -0.2) is 9.78 Å². The number of aromatic nitrogens is 3. The quantitative estimate of drug-likeness (QED) is 0.463. The Kier molecular flexibility index (Phi) is 7.29. The normalized spacial score (nSPS) is 18.2. The van der Waals surface area contributed by atoms with Gasteiger partial charge in [0, 0.05) is 49.5 Å². The lowest BCUT2D eigenvalue weighted by molar-refractivity contribution is -0.143. The summed E-state index contributed by atoms with van der Waals surface area (Å²) in [6.45, 7) is 7.10. The molecule has 5 rings (SSSR count). The van der Waals surface area contributed by atoms with Gasteiger partial charge in [0.2, 0.25) is 0 Å².